The van der Waals surface area contributed by atoms with Gasteiger partial charge in [-0.3, -0.25) is 9.48 Å². The van der Waals surface area contributed by atoms with Crippen LogP contribution in [-0.2, 0) is 6.54 Å². The Kier molecular flexibility index (Phi) is 4.58. The molecule has 0 unspecified atom stereocenters. The standard InChI is InChI=1S/C22H18F2N6O/c23-15-4-2-1-3-13(15)10-30-20-16(24)7-17(25)18(12-5-6-12)19(20)21(29-30)28-22(31)14-8-26-11-27-9-14/h1-4,7-9,11-12H,5-6,10,25H2,(H,28,29,31). The fraction of sp³-hybridized carbons (Fsp3) is 0.182. The van der Waals surface area contributed by atoms with E-state index < -0.39 is 17.5 Å². The third kappa shape index (κ3) is 3.48. The summed E-state index contributed by atoms with van der Waals surface area (Å²) in [5.41, 5.74) is 8.00. The Morgan fingerprint density at radius 3 is 2.61 bits per heavy atom. The van der Waals surface area contributed by atoms with E-state index >= 15 is 4.39 Å². The van der Waals surface area contributed by atoms with E-state index in [2.05, 4.69) is 20.4 Å². The summed E-state index contributed by atoms with van der Waals surface area (Å²) >= 11 is 0. The smallest absolute Gasteiger partial charge is 0.260 e. The molecule has 0 aliphatic heterocycles. The van der Waals surface area contributed by atoms with E-state index in [4.69, 9.17) is 5.73 Å². The normalized spacial score (nSPS) is 13.5. The van der Waals surface area contributed by atoms with Crippen LogP contribution in [0.15, 0.2) is 49.1 Å². The molecule has 0 saturated heterocycles. The molecule has 0 bridgehead atoms. The second-order valence-electron chi connectivity index (χ2n) is 7.54. The van der Waals surface area contributed by atoms with Gasteiger partial charge in [0.1, 0.15) is 17.7 Å². The highest BCUT2D eigenvalue weighted by molar-refractivity contribution is 6.09. The third-order valence-corrected chi connectivity index (χ3v) is 5.36. The van der Waals surface area contributed by atoms with Crippen LogP contribution < -0.4 is 11.1 Å². The Hall–Kier alpha value is -3.88. The van der Waals surface area contributed by atoms with Crippen LogP contribution in [-0.4, -0.2) is 25.7 Å². The van der Waals surface area contributed by atoms with Crippen LogP contribution in [0.4, 0.5) is 20.3 Å². The first-order chi connectivity index (χ1) is 15.0. The highest BCUT2D eigenvalue weighted by atomic mass is 19.1. The minimum Gasteiger partial charge on any atom is -0.398 e. The van der Waals surface area contributed by atoms with Crippen molar-refractivity contribution in [2.24, 2.45) is 0 Å². The van der Waals surface area contributed by atoms with Gasteiger partial charge in [0.25, 0.3) is 5.91 Å². The number of nitrogens with zero attached hydrogens (tertiary/aromatic N) is 4. The molecule has 1 aliphatic carbocycles. The van der Waals surface area contributed by atoms with Crippen LogP contribution in [0.2, 0.25) is 0 Å². The van der Waals surface area contributed by atoms with Crippen molar-refractivity contribution in [3.8, 4) is 0 Å². The minimum absolute atomic E-state index is 0.00155. The Morgan fingerprint density at radius 2 is 1.90 bits per heavy atom. The molecular weight excluding hydrogens is 402 g/mol. The van der Waals surface area contributed by atoms with Crippen LogP contribution in [0.5, 0.6) is 0 Å². The molecule has 1 aliphatic rings. The molecule has 0 atom stereocenters. The summed E-state index contributed by atoms with van der Waals surface area (Å²) in [5, 5.41) is 7.62. The first-order valence-electron chi connectivity index (χ1n) is 9.81. The molecule has 0 spiro atoms. The molecule has 2 aromatic carbocycles. The lowest BCUT2D eigenvalue weighted by Crippen LogP contribution is -2.14. The van der Waals surface area contributed by atoms with Gasteiger partial charge in [0.05, 0.1) is 17.5 Å². The number of carbonyl (C=O) groups is 1. The van der Waals surface area contributed by atoms with Crippen LogP contribution in [0, 0.1) is 11.6 Å². The van der Waals surface area contributed by atoms with Crippen molar-refractivity contribution in [1.29, 1.82) is 0 Å². The molecule has 7 nitrogen and oxygen atoms in total. The average molecular weight is 420 g/mol. The molecule has 2 aromatic heterocycles. The van der Waals surface area contributed by atoms with Gasteiger partial charge in [-0.05, 0) is 36.5 Å². The Bertz CT molecular complexity index is 1300. The largest absolute Gasteiger partial charge is 0.398 e. The van der Waals surface area contributed by atoms with Crippen LogP contribution >= 0.6 is 0 Å². The summed E-state index contributed by atoms with van der Waals surface area (Å²) in [6, 6.07) is 7.50. The topological polar surface area (TPSA) is 98.7 Å². The fourth-order valence-electron chi connectivity index (χ4n) is 3.78. The number of nitrogen functional groups attached to an aromatic ring is 1. The predicted octanol–water partition coefficient (Wildman–Crippen LogP) is 3.86. The van der Waals surface area contributed by atoms with Crippen molar-refractivity contribution in [2.75, 3.05) is 11.1 Å². The molecule has 1 saturated carbocycles. The summed E-state index contributed by atoms with van der Waals surface area (Å²) in [4.78, 5) is 20.4. The number of nitrogens with one attached hydrogen (secondary N) is 1. The molecular formula is C22H18F2N6O. The number of nitrogens with two attached hydrogens (primary N) is 1. The quantitative estimate of drug-likeness (QED) is 0.478. The van der Waals surface area contributed by atoms with Gasteiger partial charge in [-0.2, -0.15) is 5.10 Å². The van der Waals surface area contributed by atoms with Gasteiger partial charge in [-0.25, -0.2) is 18.7 Å². The van der Waals surface area contributed by atoms with E-state index in [1.54, 1.807) is 18.2 Å². The summed E-state index contributed by atoms with van der Waals surface area (Å²) in [7, 11) is 0. The van der Waals surface area contributed by atoms with E-state index in [1.165, 1.54) is 35.5 Å². The lowest BCUT2D eigenvalue weighted by Gasteiger charge is -2.10. The van der Waals surface area contributed by atoms with E-state index in [-0.39, 0.29) is 29.4 Å². The fourth-order valence-corrected chi connectivity index (χ4v) is 3.78. The second-order valence-corrected chi connectivity index (χ2v) is 7.54. The average Bonchev–Trinajstić information content (AvgIpc) is 3.53. The highest BCUT2D eigenvalue weighted by Crippen LogP contribution is 2.48. The van der Waals surface area contributed by atoms with Gasteiger partial charge in [0.15, 0.2) is 11.6 Å². The molecule has 0 radical (unpaired) electrons. The monoisotopic (exact) mass is 420 g/mol. The van der Waals surface area contributed by atoms with E-state index in [0.29, 0.717) is 16.6 Å². The third-order valence-electron chi connectivity index (χ3n) is 5.36. The van der Waals surface area contributed by atoms with Gasteiger partial charge in [-0.15, -0.1) is 0 Å². The number of hydrogen-bond acceptors (Lipinski definition) is 5. The Morgan fingerprint density at radius 1 is 1.16 bits per heavy atom. The number of rotatable bonds is 5. The van der Waals surface area contributed by atoms with Crippen LogP contribution in [0.1, 0.15) is 40.2 Å². The Balaban J connectivity index is 1.67. The zero-order chi connectivity index (χ0) is 21.5. The number of halogens is 2. The number of carbonyl (C=O) groups excluding carboxylic acids is 1. The number of aromatic nitrogens is 4. The lowest BCUT2D eigenvalue weighted by atomic mass is 10.0. The van der Waals surface area contributed by atoms with Crippen LogP contribution in [0.25, 0.3) is 10.9 Å². The summed E-state index contributed by atoms with van der Waals surface area (Å²) in [5.74, 6) is -1.14. The maximum atomic E-state index is 15.1. The number of hydrogen-bond donors (Lipinski definition) is 2. The first-order valence-corrected chi connectivity index (χ1v) is 9.81. The van der Waals surface area contributed by atoms with Gasteiger partial charge in [0, 0.05) is 23.6 Å². The zero-order valence-electron chi connectivity index (χ0n) is 16.3. The number of benzene rings is 2. The minimum atomic E-state index is -0.579. The van der Waals surface area contributed by atoms with E-state index in [0.717, 1.165) is 18.4 Å². The lowest BCUT2D eigenvalue weighted by molar-refractivity contribution is 0.102. The first kappa shape index (κ1) is 19.1. The number of amides is 1. The molecule has 5 rings (SSSR count). The van der Waals surface area contributed by atoms with Crippen molar-refractivity contribution in [2.45, 2.75) is 25.3 Å². The molecule has 1 fully saturated rings. The second kappa shape index (κ2) is 7.42. The van der Waals surface area contributed by atoms with Crippen molar-refractivity contribution >= 4 is 28.3 Å². The molecule has 2 heterocycles. The molecule has 9 heteroatoms. The summed E-state index contributed by atoms with van der Waals surface area (Å²) in [6.45, 7) is -0.00155. The number of fused-ring (bicyclic) bond motifs is 1. The molecule has 3 N–H and O–H groups in total. The highest BCUT2D eigenvalue weighted by Gasteiger charge is 2.32. The molecule has 4 aromatic rings. The summed E-state index contributed by atoms with van der Waals surface area (Å²) in [6.07, 6.45) is 5.90. The molecule has 156 valence electrons. The van der Waals surface area contributed by atoms with Gasteiger partial charge < -0.3 is 11.1 Å². The molecule has 31 heavy (non-hydrogen) atoms. The maximum absolute atomic E-state index is 15.1. The van der Waals surface area contributed by atoms with Crippen LogP contribution in [0.3, 0.4) is 0 Å². The van der Waals surface area contributed by atoms with E-state index in [9.17, 15) is 9.18 Å². The SMILES string of the molecule is Nc1cc(F)c2c(c(NC(=O)c3cncnc3)nn2Cc2ccccc2F)c1C1CC1. The Labute approximate surface area is 175 Å². The van der Waals surface area contributed by atoms with Gasteiger partial charge >= 0.3 is 0 Å². The van der Waals surface area contributed by atoms with Gasteiger partial charge in [0.2, 0.25) is 0 Å². The van der Waals surface area contributed by atoms with Crippen molar-refractivity contribution < 1.29 is 13.6 Å². The van der Waals surface area contributed by atoms with Crippen molar-refractivity contribution in [3.63, 3.8) is 0 Å². The van der Waals surface area contributed by atoms with Crippen molar-refractivity contribution in [1.82, 2.24) is 19.7 Å². The summed E-state index contributed by atoms with van der Waals surface area (Å²) < 4.78 is 30.7. The van der Waals surface area contributed by atoms with Crippen molar-refractivity contribution in [3.05, 3.63) is 77.4 Å². The van der Waals surface area contributed by atoms with Gasteiger partial charge in [-0.1, -0.05) is 18.2 Å². The number of anilines is 2. The van der Waals surface area contributed by atoms with E-state index in [1.807, 2.05) is 0 Å². The maximum Gasteiger partial charge on any atom is 0.260 e. The predicted molar refractivity (Wildman–Crippen MR) is 112 cm³/mol. The zero-order valence-corrected chi connectivity index (χ0v) is 16.3. The molecule has 1 amide bonds.